The Labute approximate surface area is 260 Å². The molecule has 1 N–H and O–H groups in total. The number of urea groups is 1. The predicted octanol–water partition coefficient (Wildman–Crippen LogP) is 5.29. The number of benzene rings is 2. The molecule has 2 atom stereocenters. The molecule has 1 aromatic heterocycles. The van der Waals surface area contributed by atoms with Gasteiger partial charge in [0.1, 0.15) is 16.7 Å². The molecule has 224 valence electrons. The molecule has 1 unspecified atom stereocenters. The summed E-state index contributed by atoms with van der Waals surface area (Å²) in [5.74, 6) is 1.26. The minimum Gasteiger partial charge on any atom is -0.492 e. The topological polar surface area (TPSA) is 94.6 Å². The van der Waals surface area contributed by atoms with Crippen molar-refractivity contribution in [3.63, 3.8) is 0 Å². The van der Waals surface area contributed by atoms with Crippen LogP contribution in [0.15, 0.2) is 65.0 Å². The molecule has 2 amide bonds. The van der Waals surface area contributed by atoms with E-state index in [4.69, 9.17) is 32.9 Å². The molecule has 9 nitrogen and oxygen atoms in total. The highest BCUT2D eigenvalue weighted by Crippen LogP contribution is 2.46. The molecule has 5 rings (SSSR count). The molecule has 0 spiro atoms. The fraction of sp³-hybridized carbons (Fsp3) is 0.379. The lowest BCUT2D eigenvalue weighted by Gasteiger charge is -2.39. The summed E-state index contributed by atoms with van der Waals surface area (Å²) in [5.41, 5.74) is 1.84. The van der Waals surface area contributed by atoms with E-state index in [1.54, 1.807) is 4.90 Å². The summed E-state index contributed by atoms with van der Waals surface area (Å²) in [5, 5.41) is 3.18. The minimum atomic E-state index is -3.25. The number of nitrogens with zero attached hydrogens (tertiary/aromatic N) is 4. The number of piperazine rings is 1. The summed E-state index contributed by atoms with van der Waals surface area (Å²) in [7, 11) is -3.25. The second-order valence-electron chi connectivity index (χ2n) is 10.1. The quantitative estimate of drug-likeness (QED) is 0.340. The van der Waals surface area contributed by atoms with Crippen LogP contribution in [0.4, 0.5) is 4.79 Å². The molecule has 1 fully saturated rings. The number of amides is 2. The number of amidine groups is 1. The first-order chi connectivity index (χ1) is 20.1. The molecule has 1 saturated heterocycles. The van der Waals surface area contributed by atoms with E-state index in [1.165, 1.54) is 11.3 Å². The second-order valence-corrected chi connectivity index (χ2v) is 13.8. The Morgan fingerprint density at radius 3 is 2.21 bits per heavy atom. The van der Waals surface area contributed by atoms with Crippen LogP contribution >= 0.6 is 34.5 Å². The summed E-state index contributed by atoms with van der Waals surface area (Å²) in [6.45, 7) is 5.59. The molecule has 2 aliphatic rings. The molecule has 2 aliphatic heterocycles. The number of hydrogen-bond donors (Lipinski definition) is 1. The third-order valence-electron chi connectivity index (χ3n) is 7.26. The van der Waals surface area contributed by atoms with Crippen LogP contribution in [0, 0.1) is 0 Å². The van der Waals surface area contributed by atoms with E-state index in [-0.39, 0.29) is 12.1 Å². The normalized spacial score (nSPS) is 19.7. The average molecular weight is 651 g/mol. The maximum absolute atomic E-state index is 14.5. The number of carbonyl (C=O) groups excluding carboxylic acids is 1. The van der Waals surface area contributed by atoms with E-state index in [2.05, 4.69) is 9.62 Å². The standard InChI is InChI=1S/C29H33Cl2N5O4S2/c1-3-40-24-12-19-41-27(24)28-33-25(20-4-8-22(30)9-5-20)26(21-6-10-23(31)11-7-21)36(28)29(37)35-17-15-34(16-18-35)14-13-32-42(2,38)39/h4-12,19,25-26,32H,3,13-18H2,1-2H3/t25?,26-/m1/s1. The molecular weight excluding hydrogens is 617 g/mol. The van der Waals surface area contributed by atoms with Crippen molar-refractivity contribution >= 4 is 56.4 Å². The molecule has 0 radical (unpaired) electrons. The van der Waals surface area contributed by atoms with Crippen molar-refractivity contribution in [2.75, 3.05) is 52.1 Å². The molecule has 42 heavy (non-hydrogen) atoms. The molecular formula is C29H33Cl2N5O4S2. The highest BCUT2D eigenvalue weighted by atomic mass is 35.5. The van der Waals surface area contributed by atoms with Crippen LogP contribution < -0.4 is 9.46 Å². The number of carbonyl (C=O) groups is 1. The Hall–Kier alpha value is -2.67. The van der Waals surface area contributed by atoms with Crippen molar-refractivity contribution in [1.29, 1.82) is 0 Å². The van der Waals surface area contributed by atoms with Crippen LogP contribution in [-0.4, -0.2) is 87.1 Å². The van der Waals surface area contributed by atoms with Crippen LogP contribution in [-0.2, 0) is 10.0 Å². The van der Waals surface area contributed by atoms with Gasteiger partial charge in [-0.25, -0.2) is 17.9 Å². The van der Waals surface area contributed by atoms with E-state index < -0.39 is 16.1 Å². The lowest BCUT2D eigenvalue weighted by molar-refractivity contribution is 0.120. The minimum absolute atomic E-state index is 0.144. The lowest BCUT2D eigenvalue weighted by Crippen LogP contribution is -2.54. The van der Waals surface area contributed by atoms with Gasteiger partial charge >= 0.3 is 6.03 Å². The van der Waals surface area contributed by atoms with Gasteiger partial charge in [-0.05, 0) is 53.8 Å². The van der Waals surface area contributed by atoms with Gasteiger partial charge < -0.3 is 9.64 Å². The van der Waals surface area contributed by atoms with Crippen LogP contribution in [0.3, 0.4) is 0 Å². The van der Waals surface area contributed by atoms with E-state index in [9.17, 15) is 13.2 Å². The number of hydrogen-bond acceptors (Lipinski definition) is 7. The number of rotatable bonds is 9. The number of sulfonamides is 1. The molecule has 0 aliphatic carbocycles. The summed E-state index contributed by atoms with van der Waals surface area (Å²) in [4.78, 5) is 26.3. The van der Waals surface area contributed by atoms with Gasteiger partial charge in [0.05, 0.1) is 18.9 Å². The molecule has 2 aromatic carbocycles. The Bertz CT molecular complexity index is 1520. The molecule has 3 aromatic rings. The number of ether oxygens (including phenoxy) is 1. The van der Waals surface area contributed by atoms with Gasteiger partial charge in [-0.1, -0.05) is 47.5 Å². The van der Waals surface area contributed by atoms with E-state index in [0.717, 1.165) is 22.3 Å². The van der Waals surface area contributed by atoms with Crippen LogP contribution in [0.25, 0.3) is 0 Å². The van der Waals surface area contributed by atoms with Crippen molar-refractivity contribution in [2.24, 2.45) is 4.99 Å². The van der Waals surface area contributed by atoms with E-state index >= 15 is 0 Å². The van der Waals surface area contributed by atoms with Gasteiger partial charge in [-0.15, -0.1) is 11.3 Å². The SMILES string of the molecule is CCOc1ccsc1C1=NC(c2ccc(Cl)cc2)[C@@H](c2ccc(Cl)cc2)N1C(=O)N1CCN(CCNS(C)(=O)=O)CC1. The average Bonchev–Trinajstić information content (AvgIpc) is 3.58. The van der Waals surface area contributed by atoms with Crippen molar-refractivity contribution in [1.82, 2.24) is 19.4 Å². The Morgan fingerprint density at radius 1 is 1.00 bits per heavy atom. The highest BCUT2D eigenvalue weighted by molar-refractivity contribution is 7.88. The zero-order chi connectivity index (χ0) is 29.9. The molecule has 0 saturated carbocycles. The smallest absolute Gasteiger partial charge is 0.326 e. The number of halogens is 2. The summed E-state index contributed by atoms with van der Waals surface area (Å²) in [6.07, 6.45) is 1.15. The maximum atomic E-state index is 14.5. The van der Waals surface area contributed by atoms with Gasteiger partial charge in [-0.3, -0.25) is 14.8 Å². The van der Waals surface area contributed by atoms with Crippen molar-refractivity contribution in [2.45, 2.75) is 19.0 Å². The predicted molar refractivity (Wildman–Crippen MR) is 169 cm³/mol. The van der Waals surface area contributed by atoms with Gasteiger partial charge in [0.25, 0.3) is 0 Å². The fourth-order valence-corrected chi connectivity index (χ4v) is 6.80. The first-order valence-electron chi connectivity index (χ1n) is 13.7. The van der Waals surface area contributed by atoms with E-state index in [1.807, 2.05) is 71.8 Å². The van der Waals surface area contributed by atoms with Gasteiger partial charge in [0.2, 0.25) is 10.0 Å². The first kappa shape index (κ1) is 30.8. The van der Waals surface area contributed by atoms with Crippen LogP contribution in [0.1, 0.15) is 35.0 Å². The third-order valence-corrected chi connectivity index (χ3v) is 9.39. The number of thiophene rings is 1. The summed E-state index contributed by atoms with van der Waals surface area (Å²) in [6, 6.07) is 16.1. The number of aliphatic imine (C=N–C) groups is 1. The summed E-state index contributed by atoms with van der Waals surface area (Å²) >= 11 is 14.0. The Balaban J connectivity index is 1.49. The lowest BCUT2D eigenvalue weighted by atomic mass is 9.94. The van der Waals surface area contributed by atoms with Crippen molar-refractivity contribution < 1.29 is 17.9 Å². The van der Waals surface area contributed by atoms with E-state index in [0.29, 0.717) is 67.5 Å². The third kappa shape index (κ3) is 7.10. The zero-order valence-corrected chi connectivity index (χ0v) is 26.5. The molecule has 13 heteroatoms. The van der Waals surface area contributed by atoms with Gasteiger partial charge in [0, 0.05) is 49.3 Å². The second kappa shape index (κ2) is 13.3. The molecule has 0 bridgehead atoms. The van der Waals surface area contributed by atoms with Crippen molar-refractivity contribution in [3.8, 4) is 5.75 Å². The monoisotopic (exact) mass is 649 g/mol. The first-order valence-corrected chi connectivity index (χ1v) is 17.2. The van der Waals surface area contributed by atoms with Crippen LogP contribution in [0.5, 0.6) is 5.75 Å². The summed E-state index contributed by atoms with van der Waals surface area (Å²) < 4.78 is 31.4. The van der Waals surface area contributed by atoms with Crippen molar-refractivity contribution in [3.05, 3.63) is 86.0 Å². The van der Waals surface area contributed by atoms with Crippen LogP contribution in [0.2, 0.25) is 10.0 Å². The Morgan fingerprint density at radius 2 is 1.62 bits per heavy atom. The molecule has 3 heterocycles. The van der Waals surface area contributed by atoms with Gasteiger partial charge in [-0.2, -0.15) is 0 Å². The number of nitrogens with one attached hydrogen (secondary N) is 1. The zero-order valence-electron chi connectivity index (χ0n) is 23.4. The maximum Gasteiger partial charge on any atom is 0.326 e. The fourth-order valence-electron chi connectivity index (χ4n) is 5.26. The van der Waals surface area contributed by atoms with Gasteiger partial charge in [0.15, 0.2) is 5.84 Å². The highest BCUT2D eigenvalue weighted by Gasteiger charge is 2.45. The Kier molecular flexibility index (Phi) is 9.76. The largest absolute Gasteiger partial charge is 0.492 e.